The molecule has 6 heteroatoms. The van der Waals surface area contributed by atoms with Crippen LogP contribution >= 0.6 is 0 Å². The van der Waals surface area contributed by atoms with Crippen molar-refractivity contribution >= 4 is 17.8 Å². The third-order valence-electron chi connectivity index (χ3n) is 4.49. The lowest BCUT2D eigenvalue weighted by Crippen LogP contribution is -2.25. The molecular weight excluding hydrogens is 378 g/mol. The van der Waals surface area contributed by atoms with Gasteiger partial charge in [0.2, 0.25) is 0 Å². The van der Waals surface area contributed by atoms with Gasteiger partial charge in [0.1, 0.15) is 5.69 Å². The number of carbonyl (C=O) groups excluding carboxylic acids is 2. The highest BCUT2D eigenvalue weighted by Crippen LogP contribution is 2.23. The van der Waals surface area contributed by atoms with Gasteiger partial charge < -0.3 is 4.74 Å². The molecule has 0 spiro atoms. The Morgan fingerprint density at radius 3 is 2.53 bits per heavy atom. The molecule has 6 nitrogen and oxygen atoms in total. The monoisotopic (exact) mass is 403 g/mol. The van der Waals surface area contributed by atoms with Crippen molar-refractivity contribution < 1.29 is 14.3 Å². The van der Waals surface area contributed by atoms with Gasteiger partial charge in [-0.05, 0) is 23.8 Å². The highest BCUT2D eigenvalue weighted by Gasteiger charge is 2.22. The van der Waals surface area contributed by atoms with E-state index < -0.39 is 11.4 Å². The third-order valence-corrected chi connectivity index (χ3v) is 4.49. The Morgan fingerprint density at radius 2 is 1.87 bits per heavy atom. The van der Waals surface area contributed by atoms with E-state index >= 15 is 0 Å². The molecule has 0 amide bonds. The number of ether oxygens (including phenoxy) is 1. The maximum absolute atomic E-state index is 12.1. The molecule has 3 rings (SSSR count). The number of rotatable bonds is 7. The number of hydrogen-bond donors (Lipinski definition) is 0. The van der Waals surface area contributed by atoms with E-state index in [1.807, 2.05) is 53.3 Å². The first-order valence-electron chi connectivity index (χ1n) is 9.73. The second-order valence-electron chi connectivity index (χ2n) is 7.97. The van der Waals surface area contributed by atoms with Crippen molar-refractivity contribution in [3.63, 3.8) is 0 Å². The van der Waals surface area contributed by atoms with E-state index in [2.05, 4.69) is 10.1 Å². The van der Waals surface area contributed by atoms with Crippen molar-refractivity contribution in [3.8, 4) is 11.3 Å². The molecule has 0 radical (unpaired) electrons. The molecule has 154 valence electrons. The predicted octanol–water partition coefficient (Wildman–Crippen LogP) is 4.17. The normalized spacial score (nSPS) is 11.6. The maximum atomic E-state index is 12.1. The number of carbonyl (C=O) groups is 2. The van der Waals surface area contributed by atoms with Crippen molar-refractivity contribution in [3.05, 3.63) is 78.3 Å². The molecule has 0 bridgehead atoms. The molecule has 3 aromatic rings. The molecule has 0 saturated heterocycles. The van der Waals surface area contributed by atoms with Gasteiger partial charge in [-0.3, -0.25) is 14.5 Å². The molecule has 0 N–H and O–H groups in total. The van der Waals surface area contributed by atoms with Crippen molar-refractivity contribution in [2.45, 2.75) is 27.3 Å². The van der Waals surface area contributed by atoms with Crippen molar-refractivity contribution in [2.75, 3.05) is 6.61 Å². The SMILES string of the molecule is CC(C)(C)C(=O)COC(=O)/C=C/c1cn(Cc2ccccc2)nc1-c1cccnc1. The van der Waals surface area contributed by atoms with Gasteiger partial charge in [0.05, 0.1) is 6.54 Å². The molecule has 0 fully saturated rings. The molecular formula is C24H25N3O3. The zero-order valence-electron chi connectivity index (χ0n) is 17.4. The lowest BCUT2D eigenvalue weighted by molar-refractivity contribution is -0.145. The molecule has 0 aliphatic carbocycles. The first kappa shape index (κ1) is 21.2. The van der Waals surface area contributed by atoms with Gasteiger partial charge in [0, 0.05) is 41.2 Å². The topological polar surface area (TPSA) is 74.1 Å². The number of aromatic nitrogens is 3. The summed E-state index contributed by atoms with van der Waals surface area (Å²) in [7, 11) is 0. The van der Waals surface area contributed by atoms with Gasteiger partial charge in [-0.15, -0.1) is 0 Å². The van der Waals surface area contributed by atoms with E-state index in [0.717, 1.165) is 16.7 Å². The number of esters is 1. The van der Waals surface area contributed by atoms with Crippen molar-refractivity contribution in [1.29, 1.82) is 0 Å². The van der Waals surface area contributed by atoms with E-state index in [0.29, 0.717) is 12.2 Å². The fraction of sp³-hybridized carbons (Fsp3) is 0.250. The highest BCUT2D eigenvalue weighted by atomic mass is 16.5. The van der Waals surface area contributed by atoms with E-state index in [-0.39, 0.29) is 12.4 Å². The minimum absolute atomic E-state index is 0.129. The van der Waals surface area contributed by atoms with Crippen LogP contribution in [0.1, 0.15) is 31.9 Å². The number of ketones is 1. The fourth-order valence-electron chi connectivity index (χ4n) is 2.70. The van der Waals surface area contributed by atoms with Gasteiger partial charge in [0.15, 0.2) is 12.4 Å². The summed E-state index contributed by atoms with van der Waals surface area (Å²) < 4.78 is 6.91. The Labute approximate surface area is 176 Å². The van der Waals surface area contributed by atoms with Gasteiger partial charge in [-0.2, -0.15) is 5.10 Å². The lowest BCUT2D eigenvalue weighted by atomic mass is 9.91. The van der Waals surface area contributed by atoms with Crippen LogP contribution in [0, 0.1) is 5.41 Å². The minimum Gasteiger partial charge on any atom is -0.455 e. The molecule has 0 unspecified atom stereocenters. The Hall–Kier alpha value is -3.54. The summed E-state index contributed by atoms with van der Waals surface area (Å²) >= 11 is 0. The van der Waals surface area contributed by atoms with Crippen LogP contribution in [-0.2, 0) is 20.9 Å². The van der Waals surface area contributed by atoms with Crippen molar-refractivity contribution in [1.82, 2.24) is 14.8 Å². The predicted molar refractivity (Wildman–Crippen MR) is 115 cm³/mol. The van der Waals surface area contributed by atoms with Crippen LogP contribution in [0.15, 0.2) is 67.1 Å². The molecule has 2 heterocycles. The molecule has 0 aliphatic heterocycles. The fourth-order valence-corrected chi connectivity index (χ4v) is 2.70. The van der Waals surface area contributed by atoms with Crippen LogP contribution in [0.3, 0.4) is 0 Å². The minimum atomic E-state index is -0.569. The zero-order valence-corrected chi connectivity index (χ0v) is 17.4. The van der Waals surface area contributed by atoms with Gasteiger partial charge in [-0.25, -0.2) is 4.79 Å². The zero-order chi connectivity index (χ0) is 21.6. The van der Waals surface area contributed by atoms with E-state index in [9.17, 15) is 9.59 Å². The standard InChI is InChI=1S/C24H25N3O3/c1-24(2,3)21(28)17-30-22(29)12-11-20-16-27(15-18-8-5-4-6-9-18)26-23(20)19-10-7-13-25-14-19/h4-14,16H,15,17H2,1-3H3/b12-11+. The molecule has 0 saturated carbocycles. The molecule has 1 aromatic carbocycles. The Kier molecular flexibility index (Phi) is 6.57. The Morgan fingerprint density at radius 1 is 1.10 bits per heavy atom. The average molecular weight is 403 g/mol. The Balaban J connectivity index is 1.79. The first-order valence-corrected chi connectivity index (χ1v) is 9.73. The summed E-state index contributed by atoms with van der Waals surface area (Å²) in [5.41, 5.74) is 2.90. The molecule has 2 aromatic heterocycles. The van der Waals surface area contributed by atoms with Crippen LogP contribution < -0.4 is 0 Å². The van der Waals surface area contributed by atoms with Crippen molar-refractivity contribution in [2.24, 2.45) is 5.41 Å². The first-order chi connectivity index (χ1) is 14.3. The molecule has 30 heavy (non-hydrogen) atoms. The van der Waals surface area contributed by atoms with Gasteiger partial charge in [0.25, 0.3) is 0 Å². The second-order valence-corrected chi connectivity index (χ2v) is 7.97. The third kappa shape index (κ3) is 5.73. The summed E-state index contributed by atoms with van der Waals surface area (Å²) in [4.78, 5) is 28.2. The number of Topliss-reactive ketones (excluding diaryl/α,β-unsaturated/α-hetero) is 1. The second kappa shape index (κ2) is 9.31. The average Bonchev–Trinajstić information content (AvgIpc) is 3.13. The van der Waals surface area contributed by atoms with E-state index in [4.69, 9.17) is 4.74 Å². The lowest BCUT2D eigenvalue weighted by Gasteiger charge is -2.15. The summed E-state index contributed by atoms with van der Waals surface area (Å²) in [6.45, 7) is 5.74. The number of benzene rings is 1. The highest BCUT2D eigenvalue weighted by molar-refractivity contribution is 5.91. The number of nitrogens with zero attached hydrogens (tertiary/aromatic N) is 3. The maximum Gasteiger partial charge on any atom is 0.331 e. The summed E-state index contributed by atoms with van der Waals surface area (Å²) in [5, 5.41) is 4.68. The van der Waals surface area contributed by atoms with Crippen LogP contribution in [0.25, 0.3) is 17.3 Å². The molecule has 0 atom stereocenters. The summed E-state index contributed by atoms with van der Waals surface area (Å²) in [6.07, 6.45) is 8.27. The largest absolute Gasteiger partial charge is 0.455 e. The van der Waals surface area contributed by atoms with Crippen LogP contribution in [0.2, 0.25) is 0 Å². The van der Waals surface area contributed by atoms with Gasteiger partial charge in [-0.1, -0.05) is 51.1 Å². The van der Waals surface area contributed by atoms with E-state index in [1.54, 1.807) is 39.2 Å². The van der Waals surface area contributed by atoms with Crippen LogP contribution in [0.5, 0.6) is 0 Å². The quantitative estimate of drug-likeness (QED) is 0.437. The Bertz CT molecular complexity index is 1030. The van der Waals surface area contributed by atoms with Gasteiger partial charge >= 0.3 is 5.97 Å². The summed E-state index contributed by atoms with van der Waals surface area (Å²) in [6, 6.07) is 13.8. The summed E-state index contributed by atoms with van der Waals surface area (Å²) in [5.74, 6) is -0.698. The number of pyridine rings is 1. The molecule has 0 aliphatic rings. The van der Waals surface area contributed by atoms with E-state index in [1.165, 1.54) is 6.08 Å². The van der Waals surface area contributed by atoms with Crippen LogP contribution in [-0.4, -0.2) is 33.1 Å². The smallest absolute Gasteiger partial charge is 0.331 e. The van der Waals surface area contributed by atoms with Crippen LogP contribution in [0.4, 0.5) is 0 Å². The number of hydrogen-bond acceptors (Lipinski definition) is 5.